The Hall–Kier alpha value is -2.28. The summed E-state index contributed by atoms with van der Waals surface area (Å²) < 4.78 is 10.1. The maximum atomic E-state index is 11.5. The average Bonchev–Trinajstić information content (AvgIpc) is 2.37. The van der Waals surface area contributed by atoms with Crippen LogP contribution in [0.4, 0.5) is 0 Å². The summed E-state index contributed by atoms with van der Waals surface area (Å²) in [5, 5.41) is 18.9. The Labute approximate surface area is 110 Å². The van der Waals surface area contributed by atoms with Crippen LogP contribution in [0.15, 0.2) is 24.3 Å². The van der Waals surface area contributed by atoms with E-state index in [1.54, 1.807) is 12.1 Å². The Balaban J connectivity index is 2.15. The molecule has 7 heteroatoms. The lowest BCUT2D eigenvalue weighted by molar-refractivity contribution is 0.0322. The lowest BCUT2D eigenvalue weighted by Gasteiger charge is -2.07. The number of ether oxygens (including phenoxy) is 2. The number of rotatable bonds is 7. The second-order valence-corrected chi connectivity index (χ2v) is 3.61. The number of hydrogen-bond donors (Lipinski definition) is 4. The van der Waals surface area contributed by atoms with E-state index in [1.807, 2.05) is 0 Å². The smallest absolute Gasteiger partial charge is 0.341 e. The summed E-state index contributed by atoms with van der Waals surface area (Å²) in [6.07, 6.45) is 0. The van der Waals surface area contributed by atoms with E-state index in [2.05, 4.69) is 5.32 Å². The molecule has 0 bridgehead atoms. The number of carbonyl (C=O) groups excluding carboxylic acids is 1. The van der Waals surface area contributed by atoms with Crippen LogP contribution < -0.4 is 11.1 Å². The molecule has 1 aromatic rings. The van der Waals surface area contributed by atoms with E-state index in [0.29, 0.717) is 13.2 Å². The Bertz CT molecular complexity index is 437. The van der Waals surface area contributed by atoms with Crippen molar-refractivity contribution in [1.29, 1.82) is 5.41 Å². The quantitative estimate of drug-likeness (QED) is 0.240. The largest absolute Gasteiger partial charge is 0.507 e. The van der Waals surface area contributed by atoms with Gasteiger partial charge in [0.25, 0.3) is 0 Å². The molecule has 0 aliphatic rings. The van der Waals surface area contributed by atoms with Gasteiger partial charge in [0.15, 0.2) is 5.96 Å². The van der Waals surface area contributed by atoms with Gasteiger partial charge in [0.2, 0.25) is 0 Å². The van der Waals surface area contributed by atoms with Crippen molar-refractivity contribution in [3.63, 3.8) is 0 Å². The summed E-state index contributed by atoms with van der Waals surface area (Å²) in [5.74, 6) is -0.822. The first-order valence-corrected chi connectivity index (χ1v) is 5.72. The van der Waals surface area contributed by atoms with Gasteiger partial charge in [-0.1, -0.05) is 12.1 Å². The summed E-state index contributed by atoms with van der Waals surface area (Å²) in [5.41, 5.74) is 5.20. The van der Waals surface area contributed by atoms with Crippen molar-refractivity contribution in [3.05, 3.63) is 29.8 Å². The number of hydrogen-bond acceptors (Lipinski definition) is 5. The fraction of sp³-hybridized carbons (Fsp3) is 0.333. The van der Waals surface area contributed by atoms with Gasteiger partial charge in [-0.3, -0.25) is 5.41 Å². The number of nitrogens with two attached hydrogens (primary N) is 1. The molecule has 0 atom stereocenters. The van der Waals surface area contributed by atoms with Crippen LogP contribution in [0.1, 0.15) is 10.4 Å². The molecular formula is C12H17N3O4. The zero-order chi connectivity index (χ0) is 14.1. The highest BCUT2D eigenvalue weighted by atomic mass is 16.6. The standard InChI is InChI=1S/C12H17N3O4/c13-12(14)15-5-6-18-7-8-19-11(17)9-3-1-2-4-10(9)16/h1-4,16H,5-8H2,(H4,13,14,15). The molecule has 0 saturated heterocycles. The molecule has 0 fully saturated rings. The highest BCUT2D eigenvalue weighted by Crippen LogP contribution is 2.16. The molecule has 1 rings (SSSR count). The molecular weight excluding hydrogens is 250 g/mol. The third-order valence-electron chi connectivity index (χ3n) is 2.15. The monoisotopic (exact) mass is 267 g/mol. The van der Waals surface area contributed by atoms with Gasteiger partial charge in [-0.15, -0.1) is 0 Å². The lowest BCUT2D eigenvalue weighted by atomic mass is 10.2. The van der Waals surface area contributed by atoms with Crippen LogP contribution in [0, 0.1) is 5.41 Å². The Kier molecular flexibility index (Phi) is 6.17. The van der Waals surface area contributed by atoms with Crippen LogP contribution in [-0.4, -0.2) is 43.4 Å². The molecule has 0 aliphatic carbocycles. The molecule has 7 nitrogen and oxygen atoms in total. The summed E-state index contributed by atoms with van der Waals surface area (Å²) >= 11 is 0. The average molecular weight is 267 g/mol. The van der Waals surface area contributed by atoms with Gasteiger partial charge < -0.3 is 25.6 Å². The maximum absolute atomic E-state index is 11.5. The third-order valence-corrected chi connectivity index (χ3v) is 2.15. The van der Waals surface area contributed by atoms with Crippen LogP contribution in [0.25, 0.3) is 0 Å². The topological polar surface area (TPSA) is 118 Å². The summed E-state index contributed by atoms with van der Waals surface area (Å²) in [6.45, 7) is 1.10. The van der Waals surface area contributed by atoms with Crippen LogP contribution in [0.2, 0.25) is 0 Å². The second kappa shape index (κ2) is 7.93. The Morgan fingerprint density at radius 1 is 1.32 bits per heavy atom. The molecule has 1 aromatic carbocycles. The number of para-hydroxylation sites is 1. The van der Waals surface area contributed by atoms with Crippen molar-refractivity contribution in [2.75, 3.05) is 26.4 Å². The molecule has 0 aromatic heterocycles. The van der Waals surface area contributed by atoms with E-state index in [-0.39, 0.29) is 30.5 Å². The maximum Gasteiger partial charge on any atom is 0.341 e. The van der Waals surface area contributed by atoms with Crippen molar-refractivity contribution in [2.24, 2.45) is 5.73 Å². The number of carbonyl (C=O) groups is 1. The minimum atomic E-state index is -0.594. The minimum Gasteiger partial charge on any atom is -0.507 e. The van der Waals surface area contributed by atoms with Gasteiger partial charge in [0.1, 0.15) is 17.9 Å². The highest BCUT2D eigenvalue weighted by Gasteiger charge is 2.10. The van der Waals surface area contributed by atoms with E-state index in [0.717, 1.165) is 0 Å². The third kappa shape index (κ3) is 5.73. The summed E-state index contributed by atoms with van der Waals surface area (Å²) in [6, 6.07) is 6.16. The number of nitrogens with one attached hydrogen (secondary N) is 2. The minimum absolute atomic E-state index is 0.0905. The Morgan fingerprint density at radius 2 is 2.05 bits per heavy atom. The van der Waals surface area contributed by atoms with E-state index in [9.17, 15) is 9.90 Å². The molecule has 0 spiro atoms. The van der Waals surface area contributed by atoms with Gasteiger partial charge in [-0.05, 0) is 12.1 Å². The first-order chi connectivity index (χ1) is 9.11. The fourth-order valence-electron chi connectivity index (χ4n) is 1.28. The summed E-state index contributed by atoms with van der Waals surface area (Å²) in [4.78, 5) is 11.5. The number of phenols is 1. The van der Waals surface area contributed by atoms with Crippen LogP contribution in [-0.2, 0) is 9.47 Å². The molecule has 0 saturated carbocycles. The number of guanidine groups is 1. The van der Waals surface area contributed by atoms with Crippen LogP contribution in [0.5, 0.6) is 5.75 Å². The molecule has 0 aliphatic heterocycles. The molecule has 0 heterocycles. The van der Waals surface area contributed by atoms with E-state index in [4.69, 9.17) is 20.6 Å². The van der Waals surface area contributed by atoms with Crippen molar-refractivity contribution in [3.8, 4) is 5.75 Å². The van der Waals surface area contributed by atoms with Crippen molar-refractivity contribution < 1.29 is 19.4 Å². The zero-order valence-electron chi connectivity index (χ0n) is 10.4. The number of phenolic OH excluding ortho intramolecular Hbond substituents is 1. The number of aromatic hydroxyl groups is 1. The molecule has 104 valence electrons. The normalized spacial score (nSPS) is 9.89. The fourth-order valence-corrected chi connectivity index (χ4v) is 1.28. The van der Waals surface area contributed by atoms with Gasteiger partial charge >= 0.3 is 5.97 Å². The first-order valence-electron chi connectivity index (χ1n) is 5.72. The van der Waals surface area contributed by atoms with Gasteiger partial charge in [-0.25, -0.2) is 4.79 Å². The SMILES string of the molecule is N=C(N)NCCOCCOC(=O)c1ccccc1O. The predicted molar refractivity (Wildman–Crippen MR) is 69.1 cm³/mol. The van der Waals surface area contributed by atoms with Crippen molar-refractivity contribution >= 4 is 11.9 Å². The molecule has 0 unspecified atom stereocenters. The first kappa shape index (κ1) is 14.8. The van der Waals surface area contributed by atoms with E-state index in [1.165, 1.54) is 12.1 Å². The second-order valence-electron chi connectivity index (χ2n) is 3.61. The van der Waals surface area contributed by atoms with Crippen LogP contribution >= 0.6 is 0 Å². The lowest BCUT2D eigenvalue weighted by Crippen LogP contribution is -2.33. The molecule has 19 heavy (non-hydrogen) atoms. The van der Waals surface area contributed by atoms with E-state index >= 15 is 0 Å². The molecule has 5 N–H and O–H groups in total. The highest BCUT2D eigenvalue weighted by molar-refractivity contribution is 5.92. The van der Waals surface area contributed by atoms with Crippen LogP contribution in [0.3, 0.4) is 0 Å². The van der Waals surface area contributed by atoms with Crippen molar-refractivity contribution in [2.45, 2.75) is 0 Å². The van der Waals surface area contributed by atoms with Crippen molar-refractivity contribution in [1.82, 2.24) is 5.32 Å². The predicted octanol–water partition coefficient (Wildman–Crippen LogP) is 0.0487. The van der Waals surface area contributed by atoms with Gasteiger partial charge in [0.05, 0.1) is 13.2 Å². The zero-order valence-corrected chi connectivity index (χ0v) is 10.4. The van der Waals surface area contributed by atoms with E-state index < -0.39 is 5.97 Å². The number of esters is 1. The Morgan fingerprint density at radius 3 is 2.74 bits per heavy atom. The van der Waals surface area contributed by atoms with Gasteiger partial charge in [0, 0.05) is 6.54 Å². The summed E-state index contributed by atoms with van der Waals surface area (Å²) in [7, 11) is 0. The molecule has 0 amide bonds. The van der Waals surface area contributed by atoms with Gasteiger partial charge in [-0.2, -0.15) is 0 Å². The number of benzene rings is 1. The molecule has 0 radical (unpaired) electrons.